The van der Waals surface area contributed by atoms with Gasteiger partial charge in [-0.3, -0.25) is 4.79 Å². The first-order valence-corrected chi connectivity index (χ1v) is 7.93. The van der Waals surface area contributed by atoms with Gasteiger partial charge in [0.15, 0.2) is 0 Å². The van der Waals surface area contributed by atoms with Gasteiger partial charge in [0, 0.05) is 6.54 Å². The highest BCUT2D eigenvalue weighted by Crippen LogP contribution is 2.10. The van der Waals surface area contributed by atoms with Crippen molar-refractivity contribution in [3.05, 3.63) is 70.3 Å². The van der Waals surface area contributed by atoms with E-state index in [2.05, 4.69) is 62.5 Å². The zero-order valence-corrected chi connectivity index (χ0v) is 13.8. The van der Waals surface area contributed by atoms with Crippen molar-refractivity contribution in [3.8, 4) is 0 Å². The Kier molecular flexibility index (Phi) is 5.76. The third kappa shape index (κ3) is 5.03. The molecule has 0 aromatic heterocycles. The highest BCUT2D eigenvalue weighted by Gasteiger charge is 2.04. The molecule has 1 amide bonds. The lowest BCUT2D eigenvalue weighted by Crippen LogP contribution is -2.26. The molecule has 0 saturated carbocycles. The van der Waals surface area contributed by atoms with E-state index in [-0.39, 0.29) is 5.91 Å². The molecule has 0 radical (unpaired) electrons. The van der Waals surface area contributed by atoms with Crippen LogP contribution < -0.4 is 5.32 Å². The SMILES string of the molecule is Cc1ccc(CCCNC(=O)Cc2ccc(C)c(C)c2)cc1. The van der Waals surface area contributed by atoms with Gasteiger partial charge in [0.25, 0.3) is 0 Å². The van der Waals surface area contributed by atoms with E-state index < -0.39 is 0 Å². The van der Waals surface area contributed by atoms with Crippen molar-refractivity contribution in [1.82, 2.24) is 5.32 Å². The first-order chi connectivity index (χ1) is 10.5. The standard InChI is InChI=1S/C20H25NO/c1-15-6-9-18(10-7-15)5-4-12-21-20(22)14-19-11-8-16(2)17(3)13-19/h6-11,13H,4-5,12,14H2,1-3H3,(H,21,22). The van der Waals surface area contributed by atoms with Gasteiger partial charge in [0.05, 0.1) is 6.42 Å². The number of benzene rings is 2. The molecule has 0 atom stereocenters. The molecular weight excluding hydrogens is 270 g/mol. The molecule has 0 unspecified atom stereocenters. The molecule has 2 nitrogen and oxygen atoms in total. The maximum atomic E-state index is 12.0. The van der Waals surface area contributed by atoms with Gasteiger partial charge in [-0.2, -0.15) is 0 Å². The first-order valence-electron chi connectivity index (χ1n) is 7.93. The lowest BCUT2D eigenvalue weighted by molar-refractivity contribution is -0.120. The number of amides is 1. The minimum atomic E-state index is 0.104. The summed E-state index contributed by atoms with van der Waals surface area (Å²) in [5.41, 5.74) is 6.20. The molecule has 2 rings (SSSR count). The lowest BCUT2D eigenvalue weighted by atomic mass is 10.0. The van der Waals surface area contributed by atoms with E-state index in [1.54, 1.807) is 0 Å². The number of rotatable bonds is 6. The largest absolute Gasteiger partial charge is 0.356 e. The molecular formula is C20H25NO. The number of carbonyl (C=O) groups is 1. The summed E-state index contributed by atoms with van der Waals surface area (Å²) < 4.78 is 0. The Morgan fingerprint density at radius 1 is 0.909 bits per heavy atom. The molecule has 0 aliphatic carbocycles. The quantitative estimate of drug-likeness (QED) is 0.805. The van der Waals surface area contributed by atoms with E-state index in [1.807, 2.05) is 6.07 Å². The van der Waals surface area contributed by atoms with Crippen molar-refractivity contribution in [2.24, 2.45) is 0 Å². The van der Waals surface area contributed by atoms with Gasteiger partial charge in [-0.05, 0) is 55.9 Å². The summed E-state index contributed by atoms with van der Waals surface area (Å²) in [5.74, 6) is 0.104. The second-order valence-electron chi connectivity index (χ2n) is 6.03. The molecule has 0 fully saturated rings. The maximum Gasteiger partial charge on any atom is 0.224 e. The van der Waals surface area contributed by atoms with Crippen LogP contribution in [0.2, 0.25) is 0 Å². The second kappa shape index (κ2) is 7.79. The summed E-state index contributed by atoms with van der Waals surface area (Å²) >= 11 is 0. The second-order valence-corrected chi connectivity index (χ2v) is 6.03. The van der Waals surface area contributed by atoms with Crippen molar-refractivity contribution >= 4 is 5.91 Å². The smallest absolute Gasteiger partial charge is 0.224 e. The summed E-state index contributed by atoms with van der Waals surface area (Å²) in [6, 6.07) is 14.8. The van der Waals surface area contributed by atoms with Crippen molar-refractivity contribution in [2.75, 3.05) is 6.54 Å². The molecule has 0 bridgehead atoms. The number of nitrogens with one attached hydrogen (secondary N) is 1. The fourth-order valence-electron chi connectivity index (χ4n) is 2.44. The molecule has 116 valence electrons. The van der Waals surface area contributed by atoms with Gasteiger partial charge in [0.1, 0.15) is 0 Å². The lowest BCUT2D eigenvalue weighted by Gasteiger charge is -2.07. The summed E-state index contributed by atoms with van der Waals surface area (Å²) in [5, 5.41) is 3.01. The van der Waals surface area contributed by atoms with Crippen LogP contribution in [0, 0.1) is 20.8 Å². The van der Waals surface area contributed by atoms with Crippen LogP contribution in [-0.2, 0) is 17.6 Å². The van der Waals surface area contributed by atoms with Crippen LogP contribution in [0.3, 0.4) is 0 Å². The molecule has 0 aliphatic rings. The highest BCUT2D eigenvalue weighted by molar-refractivity contribution is 5.78. The summed E-state index contributed by atoms with van der Waals surface area (Å²) in [6.07, 6.45) is 2.44. The van der Waals surface area contributed by atoms with E-state index in [0.717, 1.165) is 24.9 Å². The van der Waals surface area contributed by atoms with Crippen LogP contribution in [0.4, 0.5) is 0 Å². The van der Waals surface area contributed by atoms with Gasteiger partial charge in [-0.15, -0.1) is 0 Å². The molecule has 0 aliphatic heterocycles. The van der Waals surface area contributed by atoms with E-state index in [0.29, 0.717) is 6.42 Å². The molecule has 2 heteroatoms. The van der Waals surface area contributed by atoms with Crippen LogP contribution in [0.15, 0.2) is 42.5 Å². The Hall–Kier alpha value is -2.09. The predicted molar refractivity (Wildman–Crippen MR) is 92.1 cm³/mol. The van der Waals surface area contributed by atoms with E-state index >= 15 is 0 Å². The van der Waals surface area contributed by atoms with Crippen LogP contribution in [0.1, 0.15) is 34.2 Å². The molecule has 22 heavy (non-hydrogen) atoms. The van der Waals surface area contributed by atoms with Crippen molar-refractivity contribution in [1.29, 1.82) is 0 Å². The van der Waals surface area contributed by atoms with Crippen LogP contribution in [0.25, 0.3) is 0 Å². The number of aryl methyl sites for hydroxylation is 4. The zero-order chi connectivity index (χ0) is 15.9. The topological polar surface area (TPSA) is 29.1 Å². The van der Waals surface area contributed by atoms with Gasteiger partial charge >= 0.3 is 0 Å². The maximum absolute atomic E-state index is 12.0. The summed E-state index contributed by atoms with van der Waals surface area (Å²) in [7, 11) is 0. The van der Waals surface area contributed by atoms with Crippen LogP contribution >= 0.6 is 0 Å². The number of hydrogen-bond acceptors (Lipinski definition) is 1. The number of carbonyl (C=O) groups excluding carboxylic acids is 1. The Labute approximate surface area is 133 Å². The Balaban J connectivity index is 1.71. The molecule has 1 N–H and O–H groups in total. The third-order valence-electron chi connectivity index (χ3n) is 4.02. The average Bonchev–Trinajstić information content (AvgIpc) is 2.49. The molecule has 0 heterocycles. The number of hydrogen-bond donors (Lipinski definition) is 1. The van der Waals surface area contributed by atoms with E-state index in [9.17, 15) is 4.79 Å². The van der Waals surface area contributed by atoms with Crippen molar-refractivity contribution in [3.63, 3.8) is 0 Å². The average molecular weight is 295 g/mol. The van der Waals surface area contributed by atoms with E-state index in [4.69, 9.17) is 0 Å². The molecule has 2 aromatic rings. The Morgan fingerprint density at radius 2 is 1.59 bits per heavy atom. The molecule has 0 saturated heterocycles. The summed E-state index contributed by atoms with van der Waals surface area (Å²) in [6.45, 7) is 7.00. The monoisotopic (exact) mass is 295 g/mol. The van der Waals surface area contributed by atoms with Crippen LogP contribution in [0.5, 0.6) is 0 Å². The highest BCUT2D eigenvalue weighted by atomic mass is 16.1. The Morgan fingerprint density at radius 3 is 2.27 bits per heavy atom. The fraction of sp³-hybridized carbons (Fsp3) is 0.350. The minimum absolute atomic E-state index is 0.104. The first kappa shape index (κ1) is 16.3. The Bertz CT molecular complexity index is 629. The molecule has 2 aromatic carbocycles. The predicted octanol–water partition coefficient (Wildman–Crippen LogP) is 3.90. The van der Waals surface area contributed by atoms with Crippen molar-refractivity contribution in [2.45, 2.75) is 40.0 Å². The van der Waals surface area contributed by atoms with Crippen LogP contribution in [-0.4, -0.2) is 12.5 Å². The van der Waals surface area contributed by atoms with Gasteiger partial charge in [-0.25, -0.2) is 0 Å². The molecule has 0 spiro atoms. The van der Waals surface area contributed by atoms with Crippen molar-refractivity contribution < 1.29 is 4.79 Å². The van der Waals surface area contributed by atoms with Gasteiger partial charge < -0.3 is 5.32 Å². The fourth-order valence-corrected chi connectivity index (χ4v) is 2.44. The zero-order valence-electron chi connectivity index (χ0n) is 13.8. The van der Waals surface area contributed by atoms with Gasteiger partial charge in [-0.1, -0.05) is 48.0 Å². The van der Waals surface area contributed by atoms with E-state index in [1.165, 1.54) is 22.3 Å². The third-order valence-corrected chi connectivity index (χ3v) is 4.02. The van der Waals surface area contributed by atoms with Gasteiger partial charge in [0.2, 0.25) is 5.91 Å². The minimum Gasteiger partial charge on any atom is -0.356 e. The normalized spacial score (nSPS) is 10.5. The summed E-state index contributed by atoms with van der Waals surface area (Å²) in [4.78, 5) is 12.0.